The largest absolute Gasteiger partial charge is 0.497 e. The zero-order valence-corrected chi connectivity index (χ0v) is 13.5. The van der Waals surface area contributed by atoms with Gasteiger partial charge < -0.3 is 9.94 Å². The van der Waals surface area contributed by atoms with Crippen LogP contribution < -0.4 is 4.74 Å². The summed E-state index contributed by atoms with van der Waals surface area (Å²) in [5.74, 6) is 0.623. The molecule has 0 spiro atoms. The molecule has 1 N–H and O–H groups in total. The Bertz CT molecular complexity index is 757. The number of ether oxygens (including phenoxy) is 1. The van der Waals surface area contributed by atoms with E-state index in [0.717, 1.165) is 22.4 Å². The maximum Gasteiger partial charge on any atom is 0.118 e. The number of rotatable bonds is 5. The Labute approximate surface area is 141 Å². The Balaban J connectivity index is 2.09. The van der Waals surface area contributed by atoms with Gasteiger partial charge >= 0.3 is 0 Å². The quantitative estimate of drug-likeness (QED) is 0.421. The van der Waals surface area contributed by atoms with Crippen molar-refractivity contribution in [2.75, 3.05) is 7.11 Å². The average Bonchev–Trinajstić information content (AvgIpc) is 2.67. The molecule has 0 radical (unpaired) electrons. The van der Waals surface area contributed by atoms with Crippen LogP contribution in [-0.4, -0.2) is 18.0 Å². The predicted octanol–water partition coefficient (Wildman–Crippen LogP) is 4.71. The second-order valence-corrected chi connectivity index (χ2v) is 5.47. The normalized spacial score (nSPS) is 11.5. The van der Waals surface area contributed by atoms with Crippen LogP contribution in [0.4, 0.5) is 0 Å². The minimum atomic E-state index is -0.147. The van der Waals surface area contributed by atoms with Crippen molar-refractivity contribution in [1.29, 1.82) is 0 Å². The van der Waals surface area contributed by atoms with E-state index in [9.17, 15) is 5.21 Å². The highest BCUT2D eigenvalue weighted by Crippen LogP contribution is 2.29. The fourth-order valence-corrected chi connectivity index (χ4v) is 2.84. The van der Waals surface area contributed by atoms with Gasteiger partial charge in [0.2, 0.25) is 0 Å². The molecule has 0 aromatic heterocycles. The van der Waals surface area contributed by atoms with E-state index in [1.54, 1.807) is 7.11 Å². The number of methoxy groups -OCH3 is 1. The molecule has 120 valence electrons. The van der Waals surface area contributed by atoms with E-state index in [1.165, 1.54) is 0 Å². The van der Waals surface area contributed by atoms with E-state index in [0.29, 0.717) is 5.71 Å². The topological polar surface area (TPSA) is 41.8 Å². The third-order valence-electron chi connectivity index (χ3n) is 4.03. The molecule has 0 atom stereocenters. The minimum Gasteiger partial charge on any atom is -0.497 e. The van der Waals surface area contributed by atoms with Crippen LogP contribution in [0.1, 0.15) is 22.6 Å². The summed E-state index contributed by atoms with van der Waals surface area (Å²) in [5.41, 5.74) is 3.62. The Morgan fingerprint density at radius 3 is 1.71 bits per heavy atom. The van der Waals surface area contributed by atoms with Crippen LogP contribution >= 0.6 is 0 Å². The van der Waals surface area contributed by atoms with Crippen molar-refractivity contribution in [2.24, 2.45) is 5.16 Å². The molecule has 3 aromatic carbocycles. The molecule has 0 bridgehead atoms. The minimum absolute atomic E-state index is 0.147. The summed E-state index contributed by atoms with van der Waals surface area (Å²) in [6, 6.07) is 27.7. The van der Waals surface area contributed by atoms with Gasteiger partial charge in [-0.3, -0.25) is 0 Å². The van der Waals surface area contributed by atoms with Crippen molar-refractivity contribution in [3.8, 4) is 5.75 Å². The summed E-state index contributed by atoms with van der Waals surface area (Å²) in [5, 5.41) is 13.4. The number of benzene rings is 3. The van der Waals surface area contributed by atoms with Crippen LogP contribution in [-0.2, 0) is 0 Å². The van der Waals surface area contributed by atoms with Crippen molar-refractivity contribution in [3.05, 3.63) is 102 Å². The lowest BCUT2D eigenvalue weighted by Gasteiger charge is -2.20. The highest BCUT2D eigenvalue weighted by molar-refractivity contribution is 6.06. The SMILES string of the molecule is COc1ccc(/C(=N\O)C(c2ccccc2)c2ccccc2)cc1. The monoisotopic (exact) mass is 317 g/mol. The van der Waals surface area contributed by atoms with Crippen LogP contribution in [0, 0.1) is 0 Å². The first-order valence-electron chi connectivity index (χ1n) is 7.79. The number of hydrogen-bond acceptors (Lipinski definition) is 3. The Kier molecular flexibility index (Phi) is 4.92. The maximum atomic E-state index is 9.76. The van der Waals surface area contributed by atoms with Gasteiger partial charge in [0.15, 0.2) is 0 Å². The molecule has 0 unspecified atom stereocenters. The van der Waals surface area contributed by atoms with Gasteiger partial charge in [-0.05, 0) is 35.4 Å². The number of nitrogens with zero attached hydrogens (tertiary/aromatic N) is 1. The van der Waals surface area contributed by atoms with E-state index in [1.807, 2.05) is 84.9 Å². The molecule has 0 aliphatic carbocycles. The molecular formula is C21H19NO2. The Morgan fingerprint density at radius 2 is 1.29 bits per heavy atom. The molecule has 3 heteroatoms. The second-order valence-electron chi connectivity index (χ2n) is 5.47. The van der Waals surface area contributed by atoms with Crippen LogP contribution in [0.5, 0.6) is 5.75 Å². The lowest BCUT2D eigenvalue weighted by molar-refractivity contribution is 0.317. The first kappa shape index (κ1) is 15.8. The van der Waals surface area contributed by atoms with Gasteiger partial charge in [0.05, 0.1) is 18.7 Å². The van der Waals surface area contributed by atoms with Crippen LogP contribution in [0.15, 0.2) is 90.1 Å². The fourth-order valence-electron chi connectivity index (χ4n) is 2.84. The molecule has 3 nitrogen and oxygen atoms in total. The third-order valence-corrected chi connectivity index (χ3v) is 4.03. The summed E-state index contributed by atoms with van der Waals surface area (Å²) < 4.78 is 5.21. The van der Waals surface area contributed by atoms with Gasteiger partial charge in [-0.15, -0.1) is 0 Å². The molecule has 0 fully saturated rings. The predicted molar refractivity (Wildman–Crippen MR) is 96.0 cm³/mol. The van der Waals surface area contributed by atoms with Crippen molar-refractivity contribution < 1.29 is 9.94 Å². The molecule has 3 aromatic rings. The molecule has 0 amide bonds. The van der Waals surface area contributed by atoms with Gasteiger partial charge in [-0.25, -0.2) is 0 Å². The second kappa shape index (κ2) is 7.47. The van der Waals surface area contributed by atoms with E-state index in [2.05, 4.69) is 5.16 Å². The van der Waals surface area contributed by atoms with Crippen molar-refractivity contribution in [2.45, 2.75) is 5.92 Å². The van der Waals surface area contributed by atoms with Gasteiger partial charge in [0, 0.05) is 5.56 Å². The smallest absolute Gasteiger partial charge is 0.118 e. The van der Waals surface area contributed by atoms with Gasteiger partial charge in [0.25, 0.3) is 0 Å². The molecule has 24 heavy (non-hydrogen) atoms. The molecule has 0 saturated heterocycles. The summed E-state index contributed by atoms with van der Waals surface area (Å²) >= 11 is 0. The van der Waals surface area contributed by atoms with Crippen molar-refractivity contribution in [3.63, 3.8) is 0 Å². The summed E-state index contributed by atoms with van der Waals surface area (Å²) in [6.45, 7) is 0. The van der Waals surface area contributed by atoms with Crippen molar-refractivity contribution >= 4 is 5.71 Å². The highest BCUT2D eigenvalue weighted by Gasteiger charge is 2.22. The molecule has 0 aliphatic heterocycles. The van der Waals surface area contributed by atoms with Crippen LogP contribution in [0.25, 0.3) is 0 Å². The Hall–Kier alpha value is -3.07. The van der Waals surface area contributed by atoms with Crippen molar-refractivity contribution in [1.82, 2.24) is 0 Å². The molecule has 0 heterocycles. The first-order valence-corrected chi connectivity index (χ1v) is 7.79. The molecular weight excluding hydrogens is 298 g/mol. The van der Waals surface area contributed by atoms with Gasteiger partial charge in [-0.1, -0.05) is 65.8 Å². The third kappa shape index (κ3) is 3.30. The van der Waals surface area contributed by atoms with Gasteiger partial charge in [0.1, 0.15) is 5.75 Å². The lowest BCUT2D eigenvalue weighted by Crippen LogP contribution is -2.16. The van der Waals surface area contributed by atoms with Crippen LogP contribution in [0.3, 0.4) is 0 Å². The summed E-state index contributed by atoms with van der Waals surface area (Å²) in [7, 11) is 1.63. The zero-order chi connectivity index (χ0) is 16.8. The Morgan fingerprint density at radius 1 is 0.792 bits per heavy atom. The van der Waals surface area contributed by atoms with E-state index in [4.69, 9.17) is 4.74 Å². The van der Waals surface area contributed by atoms with Crippen LogP contribution in [0.2, 0.25) is 0 Å². The number of oxime groups is 1. The van der Waals surface area contributed by atoms with E-state index in [-0.39, 0.29) is 5.92 Å². The van der Waals surface area contributed by atoms with E-state index >= 15 is 0 Å². The molecule has 0 saturated carbocycles. The lowest BCUT2D eigenvalue weighted by atomic mass is 9.84. The molecule has 0 aliphatic rings. The number of hydrogen-bond donors (Lipinski definition) is 1. The maximum absolute atomic E-state index is 9.76. The highest BCUT2D eigenvalue weighted by atomic mass is 16.5. The van der Waals surface area contributed by atoms with E-state index < -0.39 is 0 Å². The molecule has 3 rings (SSSR count). The standard InChI is InChI=1S/C21H19NO2/c1-24-19-14-12-18(13-15-19)21(22-23)20(16-8-4-2-5-9-16)17-10-6-3-7-11-17/h2-15,20,23H,1H3/b22-21+. The fraction of sp³-hybridized carbons (Fsp3) is 0.0952. The first-order chi connectivity index (χ1) is 11.8. The average molecular weight is 317 g/mol. The zero-order valence-electron chi connectivity index (χ0n) is 13.5. The van der Waals surface area contributed by atoms with Gasteiger partial charge in [-0.2, -0.15) is 0 Å². The summed E-state index contributed by atoms with van der Waals surface area (Å²) in [4.78, 5) is 0. The summed E-state index contributed by atoms with van der Waals surface area (Å²) in [6.07, 6.45) is 0.